The summed E-state index contributed by atoms with van der Waals surface area (Å²) in [4.78, 5) is 52.6. The van der Waals surface area contributed by atoms with E-state index >= 15 is 0 Å². The van der Waals surface area contributed by atoms with Crippen LogP contribution in [0.1, 0.15) is 53.3 Å². The molecule has 0 atom stereocenters. The van der Waals surface area contributed by atoms with Crippen LogP contribution in [0.3, 0.4) is 0 Å². The molecule has 35 heavy (non-hydrogen) atoms. The van der Waals surface area contributed by atoms with E-state index in [1.807, 2.05) is 30.0 Å². The molecule has 3 rings (SSSR count). The summed E-state index contributed by atoms with van der Waals surface area (Å²) in [6.07, 6.45) is 2.10. The molecule has 0 radical (unpaired) electrons. The first-order valence-electron chi connectivity index (χ1n) is 11.9. The van der Waals surface area contributed by atoms with Gasteiger partial charge in [-0.3, -0.25) is 24.1 Å². The first-order valence-corrected chi connectivity index (χ1v) is 11.9. The van der Waals surface area contributed by atoms with Gasteiger partial charge < -0.3 is 19.7 Å². The lowest BCUT2D eigenvalue weighted by atomic mass is 9.93. The highest BCUT2D eigenvalue weighted by Gasteiger charge is 2.32. The molecule has 188 valence electrons. The SMILES string of the molecule is CCCCN1C(=O)c2cccc3c(NCCN(CCC(=O)OC)CCC(=O)OC)ccc(c23)C1=O. The third kappa shape index (κ3) is 6.16. The normalized spacial score (nSPS) is 12.9. The highest BCUT2D eigenvalue weighted by molar-refractivity contribution is 6.26. The quantitative estimate of drug-likeness (QED) is 0.342. The molecule has 1 heterocycles. The molecule has 9 nitrogen and oxygen atoms in total. The fraction of sp³-hybridized carbons (Fsp3) is 0.462. The Morgan fingerprint density at radius 2 is 1.54 bits per heavy atom. The summed E-state index contributed by atoms with van der Waals surface area (Å²) in [5, 5.41) is 4.88. The number of hydrogen-bond donors (Lipinski definition) is 1. The smallest absolute Gasteiger partial charge is 0.306 e. The fourth-order valence-electron chi connectivity index (χ4n) is 4.21. The van der Waals surface area contributed by atoms with Crippen molar-refractivity contribution >= 4 is 40.2 Å². The lowest BCUT2D eigenvalue weighted by molar-refractivity contribution is -0.141. The van der Waals surface area contributed by atoms with E-state index in [9.17, 15) is 19.2 Å². The standard InChI is InChI=1S/C26H33N3O6/c1-4-5-14-29-25(32)19-8-6-7-18-21(10-9-20(24(18)19)26(29)33)27-13-17-28(15-11-22(30)34-2)16-12-23(31)35-3/h6-10,27H,4-5,11-17H2,1-3H3. The van der Waals surface area contributed by atoms with Gasteiger partial charge in [0.25, 0.3) is 11.8 Å². The number of esters is 2. The van der Waals surface area contributed by atoms with Gasteiger partial charge in [0.1, 0.15) is 0 Å². The molecule has 0 fully saturated rings. The van der Waals surface area contributed by atoms with Crippen molar-refractivity contribution in [2.75, 3.05) is 52.3 Å². The molecule has 0 spiro atoms. The molecule has 2 aromatic carbocycles. The van der Waals surface area contributed by atoms with E-state index in [1.165, 1.54) is 19.1 Å². The molecule has 0 bridgehead atoms. The Labute approximate surface area is 205 Å². The van der Waals surface area contributed by atoms with E-state index in [-0.39, 0.29) is 36.6 Å². The van der Waals surface area contributed by atoms with Crippen LogP contribution >= 0.6 is 0 Å². The average Bonchev–Trinajstić information content (AvgIpc) is 2.88. The van der Waals surface area contributed by atoms with E-state index in [0.29, 0.717) is 49.2 Å². The predicted octanol–water partition coefficient (Wildman–Crippen LogP) is 3.08. The Hall–Kier alpha value is -3.46. The number of carbonyl (C=O) groups is 4. The topological polar surface area (TPSA) is 105 Å². The van der Waals surface area contributed by atoms with Gasteiger partial charge in [0, 0.05) is 60.3 Å². The summed E-state index contributed by atoms with van der Waals surface area (Å²) < 4.78 is 9.45. The predicted molar refractivity (Wildman–Crippen MR) is 132 cm³/mol. The van der Waals surface area contributed by atoms with Gasteiger partial charge in [0.2, 0.25) is 0 Å². The molecule has 0 aromatic heterocycles. The molecule has 0 aliphatic carbocycles. The van der Waals surface area contributed by atoms with Gasteiger partial charge in [0.15, 0.2) is 0 Å². The Bertz CT molecular complexity index is 1060. The van der Waals surface area contributed by atoms with Crippen molar-refractivity contribution in [3.63, 3.8) is 0 Å². The van der Waals surface area contributed by atoms with Crippen molar-refractivity contribution in [3.8, 4) is 0 Å². The number of hydrogen-bond acceptors (Lipinski definition) is 8. The van der Waals surface area contributed by atoms with Gasteiger partial charge >= 0.3 is 11.9 Å². The maximum atomic E-state index is 13.0. The zero-order valence-corrected chi connectivity index (χ0v) is 20.6. The number of anilines is 1. The number of rotatable bonds is 13. The maximum absolute atomic E-state index is 13.0. The summed E-state index contributed by atoms with van der Waals surface area (Å²) >= 11 is 0. The minimum atomic E-state index is -0.313. The minimum Gasteiger partial charge on any atom is -0.469 e. The zero-order valence-electron chi connectivity index (χ0n) is 20.6. The maximum Gasteiger partial charge on any atom is 0.306 e. The summed E-state index contributed by atoms with van der Waals surface area (Å²) in [6, 6.07) is 9.13. The molecule has 0 unspecified atom stereocenters. The molecule has 0 saturated heterocycles. The van der Waals surface area contributed by atoms with E-state index in [2.05, 4.69) is 5.32 Å². The lowest BCUT2D eigenvalue weighted by Gasteiger charge is -2.28. The second kappa shape index (κ2) is 12.3. The van der Waals surface area contributed by atoms with Gasteiger partial charge in [-0.05, 0) is 24.6 Å². The zero-order chi connectivity index (χ0) is 25.4. The molecule has 2 aromatic rings. The highest BCUT2D eigenvalue weighted by atomic mass is 16.5. The largest absolute Gasteiger partial charge is 0.469 e. The van der Waals surface area contributed by atoms with Gasteiger partial charge in [-0.2, -0.15) is 0 Å². The van der Waals surface area contributed by atoms with Gasteiger partial charge in [0.05, 0.1) is 27.1 Å². The Kier molecular flexibility index (Phi) is 9.19. The van der Waals surface area contributed by atoms with Crippen LogP contribution in [0.2, 0.25) is 0 Å². The number of ether oxygens (including phenoxy) is 2. The molecule has 0 saturated carbocycles. The van der Waals surface area contributed by atoms with Gasteiger partial charge in [-0.1, -0.05) is 25.5 Å². The van der Waals surface area contributed by atoms with Crippen LogP contribution in [0.15, 0.2) is 30.3 Å². The molecular formula is C26H33N3O6. The van der Waals surface area contributed by atoms with Gasteiger partial charge in [-0.15, -0.1) is 0 Å². The Morgan fingerprint density at radius 3 is 2.14 bits per heavy atom. The summed E-state index contributed by atoms with van der Waals surface area (Å²) in [5.41, 5.74) is 1.89. The number of carbonyl (C=O) groups excluding carboxylic acids is 4. The van der Waals surface area contributed by atoms with Crippen LogP contribution < -0.4 is 5.32 Å². The van der Waals surface area contributed by atoms with Crippen molar-refractivity contribution < 1.29 is 28.7 Å². The summed E-state index contributed by atoms with van der Waals surface area (Å²) in [7, 11) is 2.69. The fourth-order valence-corrected chi connectivity index (χ4v) is 4.21. The highest BCUT2D eigenvalue weighted by Crippen LogP contribution is 2.34. The molecule has 1 N–H and O–H groups in total. The van der Waals surface area contributed by atoms with E-state index in [1.54, 1.807) is 12.1 Å². The summed E-state index contributed by atoms with van der Waals surface area (Å²) in [5.74, 6) is -1.13. The number of amides is 2. The van der Waals surface area contributed by atoms with Crippen LogP contribution in [-0.2, 0) is 19.1 Å². The molecule has 1 aliphatic rings. The second-order valence-electron chi connectivity index (χ2n) is 8.42. The first kappa shape index (κ1) is 26.2. The number of unbranched alkanes of at least 4 members (excludes halogenated alkanes) is 1. The Balaban J connectivity index is 1.75. The number of nitrogens with one attached hydrogen (secondary N) is 1. The molecule has 2 amide bonds. The van der Waals surface area contributed by atoms with Crippen molar-refractivity contribution in [1.82, 2.24) is 9.80 Å². The first-order chi connectivity index (χ1) is 16.9. The number of benzene rings is 2. The van der Waals surface area contributed by atoms with Crippen molar-refractivity contribution in [3.05, 3.63) is 41.5 Å². The van der Waals surface area contributed by atoms with Crippen molar-refractivity contribution in [2.45, 2.75) is 32.6 Å². The minimum absolute atomic E-state index is 0.220. The van der Waals surface area contributed by atoms with E-state index < -0.39 is 0 Å². The Morgan fingerprint density at radius 1 is 0.914 bits per heavy atom. The van der Waals surface area contributed by atoms with Crippen molar-refractivity contribution in [2.24, 2.45) is 0 Å². The third-order valence-electron chi connectivity index (χ3n) is 6.19. The molecular weight excluding hydrogens is 450 g/mol. The lowest BCUT2D eigenvalue weighted by Crippen LogP contribution is -2.40. The van der Waals surface area contributed by atoms with Crippen LogP contribution in [-0.4, -0.2) is 80.5 Å². The number of nitrogens with zero attached hydrogens (tertiary/aromatic N) is 2. The average molecular weight is 484 g/mol. The number of imide groups is 1. The monoisotopic (exact) mass is 483 g/mol. The van der Waals surface area contributed by atoms with Crippen LogP contribution in [0.5, 0.6) is 0 Å². The number of methoxy groups -OCH3 is 2. The second-order valence-corrected chi connectivity index (χ2v) is 8.42. The van der Waals surface area contributed by atoms with E-state index in [4.69, 9.17) is 9.47 Å². The van der Waals surface area contributed by atoms with Crippen LogP contribution in [0.25, 0.3) is 10.8 Å². The van der Waals surface area contributed by atoms with Crippen LogP contribution in [0.4, 0.5) is 5.69 Å². The van der Waals surface area contributed by atoms with Crippen LogP contribution in [0, 0.1) is 0 Å². The molecule has 9 heteroatoms. The molecule has 1 aliphatic heterocycles. The summed E-state index contributed by atoms with van der Waals surface area (Å²) in [6.45, 7) is 4.44. The van der Waals surface area contributed by atoms with E-state index in [0.717, 1.165) is 23.9 Å². The third-order valence-corrected chi connectivity index (χ3v) is 6.19. The van der Waals surface area contributed by atoms with Crippen molar-refractivity contribution in [1.29, 1.82) is 0 Å². The van der Waals surface area contributed by atoms with Gasteiger partial charge in [-0.25, -0.2) is 0 Å².